The van der Waals surface area contributed by atoms with Crippen LogP contribution in [0.5, 0.6) is 0 Å². The molecule has 0 aliphatic carbocycles. The number of nitrogens with zero attached hydrogens (tertiary/aromatic N) is 2. The summed E-state index contributed by atoms with van der Waals surface area (Å²) in [5.74, 6) is -0.839. The highest BCUT2D eigenvalue weighted by Gasteiger charge is 2.27. The van der Waals surface area contributed by atoms with Crippen molar-refractivity contribution in [2.75, 3.05) is 40.4 Å². The van der Waals surface area contributed by atoms with Gasteiger partial charge in [0.1, 0.15) is 0 Å². The van der Waals surface area contributed by atoms with E-state index in [0.29, 0.717) is 13.2 Å². The minimum absolute atomic E-state index is 0.0424. The number of hydrogen-bond acceptors (Lipinski definition) is 4. The van der Waals surface area contributed by atoms with Crippen LogP contribution in [0.1, 0.15) is 20.3 Å². The number of carboxylic acid groups (broad SMARTS) is 1. The summed E-state index contributed by atoms with van der Waals surface area (Å²) in [5, 5.41) is 8.60. The van der Waals surface area contributed by atoms with E-state index in [2.05, 4.69) is 0 Å². The first-order chi connectivity index (χ1) is 8.71. The molecule has 0 saturated heterocycles. The van der Waals surface area contributed by atoms with Gasteiger partial charge in [-0.1, -0.05) is 13.8 Å². The SMILES string of the molecule is COCCN(CC(C)C)S(=O)(=O)N(C)CCC(=O)O. The molecule has 0 radical (unpaired) electrons. The Hall–Kier alpha value is -0.700. The molecule has 0 spiro atoms. The summed E-state index contributed by atoms with van der Waals surface area (Å²) in [6, 6.07) is 0. The molecule has 0 aromatic carbocycles. The third-order valence-corrected chi connectivity index (χ3v) is 4.43. The van der Waals surface area contributed by atoms with Crippen LogP contribution in [-0.2, 0) is 19.7 Å². The summed E-state index contributed by atoms with van der Waals surface area (Å²) < 4.78 is 31.9. The van der Waals surface area contributed by atoms with Crippen LogP contribution >= 0.6 is 0 Å². The van der Waals surface area contributed by atoms with E-state index >= 15 is 0 Å². The van der Waals surface area contributed by atoms with E-state index in [1.165, 1.54) is 18.5 Å². The first-order valence-corrected chi connectivity index (χ1v) is 7.53. The predicted molar refractivity (Wildman–Crippen MR) is 72.1 cm³/mol. The third kappa shape index (κ3) is 6.86. The zero-order chi connectivity index (χ0) is 15.1. The minimum Gasteiger partial charge on any atom is -0.481 e. The lowest BCUT2D eigenvalue weighted by Gasteiger charge is -2.28. The van der Waals surface area contributed by atoms with Crippen LogP contribution in [0, 0.1) is 5.92 Å². The lowest BCUT2D eigenvalue weighted by Crippen LogP contribution is -2.45. The molecule has 19 heavy (non-hydrogen) atoms. The average molecular weight is 296 g/mol. The fourth-order valence-electron chi connectivity index (χ4n) is 1.47. The number of ether oxygens (including phenoxy) is 1. The minimum atomic E-state index is -3.64. The zero-order valence-corrected chi connectivity index (χ0v) is 12.8. The van der Waals surface area contributed by atoms with E-state index in [1.807, 2.05) is 13.8 Å². The third-order valence-electron chi connectivity index (χ3n) is 2.47. The fourth-order valence-corrected chi connectivity index (χ4v) is 2.97. The Morgan fingerprint density at radius 2 is 1.89 bits per heavy atom. The molecule has 114 valence electrons. The number of hydrogen-bond donors (Lipinski definition) is 1. The predicted octanol–water partition coefficient (Wildman–Crippen LogP) is 0.242. The molecule has 7 nitrogen and oxygen atoms in total. The van der Waals surface area contributed by atoms with Crippen LogP contribution in [0.25, 0.3) is 0 Å². The van der Waals surface area contributed by atoms with Crippen molar-refractivity contribution in [2.24, 2.45) is 5.92 Å². The molecule has 0 aromatic rings. The van der Waals surface area contributed by atoms with E-state index in [0.717, 1.165) is 4.31 Å². The van der Waals surface area contributed by atoms with E-state index in [4.69, 9.17) is 9.84 Å². The maximum absolute atomic E-state index is 12.3. The molecule has 0 bridgehead atoms. The number of rotatable bonds is 10. The summed E-state index contributed by atoms with van der Waals surface area (Å²) in [6.45, 7) is 4.74. The Morgan fingerprint density at radius 3 is 2.32 bits per heavy atom. The van der Waals surface area contributed by atoms with Crippen molar-refractivity contribution in [2.45, 2.75) is 20.3 Å². The molecule has 0 aromatic heterocycles. The van der Waals surface area contributed by atoms with Crippen LogP contribution in [-0.4, -0.2) is 68.5 Å². The van der Waals surface area contributed by atoms with Crippen molar-refractivity contribution < 1.29 is 23.1 Å². The van der Waals surface area contributed by atoms with Gasteiger partial charge in [0.15, 0.2) is 0 Å². The lowest BCUT2D eigenvalue weighted by molar-refractivity contribution is -0.137. The summed E-state index contributed by atoms with van der Waals surface area (Å²) in [5.41, 5.74) is 0. The van der Waals surface area contributed by atoms with Gasteiger partial charge in [-0.3, -0.25) is 4.79 Å². The highest BCUT2D eigenvalue weighted by atomic mass is 32.2. The van der Waals surface area contributed by atoms with Crippen LogP contribution in [0.15, 0.2) is 0 Å². The molecule has 0 aliphatic heterocycles. The maximum Gasteiger partial charge on any atom is 0.304 e. The average Bonchev–Trinajstić information content (AvgIpc) is 2.30. The highest BCUT2D eigenvalue weighted by Crippen LogP contribution is 2.10. The number of carboxylic acids is 1. The van der Waals surface area contributed by atoms with Gasteiger partial charge in [0, 0.05) is 33.8 Å². The Labute approximate surface area is 115 Å². The number of methoxy groups -OCH3 is 1. The van der Waals surface area contributed by atoms with E-state index < -0.39 is 16.2 Å². The molecule has 0 heterocycles. The van der Waals surface area contributed by atoms with E-state index in [9.17, 15) is 13.2 Å². The molecule has 8 heteroatoms. The van der Waals surface area contributed by atoms with Gasteiger partial charge in [0.25, 0.3) is 10.2 Å². The number of carbonyl (C=O) groups is 1. The molecular formula is C11H24N2O5S. The van der Waals surface area contributed by atoms with Gasteiger partial charge in [0.2, 0.25) is 0 Å². The normalized spacial score (nSPS) is 12.6. The van der Waals surface area contributed by atoms with Crippen LogP contribution in [0.3, 0.4) is 0 Å². The first-order valence-electron chi connectivity index (χ1n) is 6.14. The molecule has 0 rings (SSSR count). The van der Waals surface area contributed by atoms with Crippen molar-refractivity contribution in [3.63, 3.8) is 0 Å². The monoisotopic (exact) mass is 296 g/mol. The summed E-state index contributed by atoms with van der Waals surface area (Å²) >= 11 is 0. The lowest BCUT2D eigenvalue weighted by atomic mass is 10.2. The molecule has 0 atom stereocenters. The summed E-state index contributed by atoms with van der Waals surface area (Å²) in [4.78, 5) is 10.5. The first kappa shape index (κ1) is 18.3. The van der Waals surface area contributed by atoms with Gasteiger partial charge in [-0.25, -0.2) is 0 Å². The highest BCUT2D eigenvalue weighted by molar-refractivity contribution is 7.86. The van der Waals surface area contributed by atoms with Crippen molar-refractivity contribution >= 4 is 16.2 Å². The summed E-state index contributed by atoms with van der Waals surface area (Å²) in [6.07, 6.45) is -0.213. The fraction of sp³-hybridized carbons (Fsp3) is 0.909. The Kier molecular flexibility index (Phi) is 8.15. The zero-order valence-electron chi connectivity index (χ0n) is 12.0. The Morgan fingerprint density at radius 1 is 1.32 bits per heavy atom. The standard InChI is InChI=1S/C11H24N2O5S/c1-10(2)9-13(7-8-18-4)19(16,17)12(3)6-5-11(14)15/h10H,5-9H2,1-4H3,(H,14,15). The summed E-state index contributed by atoms with van der Waals surface area (Å²) in [7, 11) is -0.745. The van der Waals surface area contributed by atoms with Gasteiger partial charge in [-0.05, 0) is 5.92 Å². The van der Waals surface area contributed by atoms with Crippen molar-refractivity contribution in [1.29, 1.82) is 0 Å². The molecule has 0 unspecified atom stereocenters. The molecule has 0 amide bonds. The molecule has 0 fully saturated rings. The topological polar surface area (TPSA) is 87.2 Å². The van der Waals surface area contributed by atoms with Gasteiger partial charge in [-0.2, -0.15) is 17.0 Å². The maximum atomic E-state index is 12.3. The van der Waals surface area contributed by atoms with Gasteiger partial charge < -0.3 is 9.84 Å². The Bertz CT molecular complexity index is 369. The van der Waals surface area contributed by atoms with E-state index in [-0.39, 0.29) is 25.4 Å². The van der Waals surface area contributed by atoms with Gasteiger partial charge in [0.05, 0.1) is 13.0 Å². The number of aliphatic carboxylic acids is 1. The van der Waals surface area contributed by atoms with Crippen molar-refractivity contribution in [3.8, 4) is 0 Å². The van der Waals surface area contributed by atoms with Crippen molar-refractivity contribution in [1.82, 2.24) is 8.61 Å². The molecule has 0 saturated carbocycles. The van der Waals surface area contributed by atoms with Crippen LogP contribution in [0.2, 0.25) is 0 Å². The van der Waals surface area contributed by atoms with Crippen molar-refractivity contribution in [3.05, 3.63) is 0 Å². The second-order valence-corrected chi connectivity index (χ2v) is 6.75. The quantitative estimate of drug-likeness (QED) is 0.624. The van der Waals surface area contributed by atoms with Crippen LogP contribution in [0.4, 0.5) is 0 Å². The smallest absolute Gasteiger partial charge is 0.304 e. The second-order valence-electron chi connectivity index (χ2n) is 4.72. The van der Waals surface area contributed by atoms with Gasteiger partial charge >= 0.3 is 5.97 Å². The second kappa shape index (κ2) is 8.47. The van der Waals surface area contributed by atoms with Crippen LogP contribution < -0.4 is 0 Å². The Balaban J connectivity index is 4.79. The van der Waals surface area contributed by atoms with Gasteiger partial charge in [-0.15, -0.1) is 0 Å². The molecular weight excluding hydrogens is 272 g/mol. The molecule has 1 N–H and O–H groups in total. The van der Waals surface area contributed by atoms with E-state index in [1.54, 1.807) is 0 Å². The molecule has 0 aliphatic rings. The largest absolute Gasteiger partial charge is 0.481 e.